The lowest BCUT2D eigenvalue weighted by molar-refractivity contribution is 0.396. The van der Waals surface area contributed by atoms with E-state index in [2.05, 4.69) is 6.92 Å². The Morgan fingerprint density at radius 2 is 2.20 bits per heavy atom. The van der Waals surface area contributed by atoms with Gasteiger partial charge in [0.15, 0.2) is 0 Å². The standard InChI is InChI=1S/C12H18FNO/c1-3-4-7-10(14)12-9(13)6-5-8-11(12)15-2/h5-6,8,10H,3-4,7,14H2,1-2H3/t10-/m1/s1. The Kier molecular flexibility index (Phi) is 4.56. The van der Waals surface area contributed by atoms with Crippen molar-refractivity contribution >= 4 is 0 Å². The second-order valence-electron chi connectivity index (χ2n) is 3.60. The Labute approximate surface area is 90.2 Å². The third-order valence-electron chi connectivity index (χ3n) is 2.47. The quantitative estimate of drug-likeness (QED) is 0.812. The third kappa shape index (κ3) is 2.93. The fraction of sp³-hybridized carbons (Fsp3) is 0.500. The zero-order valence-corrected chi connectivity index (χ0v) is 9.29. The number of unbranched alkanes of at least 4 members (excludes halogenated alkanes) is 1. The fourth-order valence-electron chi connectivity index (χ4n) is 1.62. The summed E-state index contributed by atoms with van der Waals surface area (Å²) in [6.45, 7) is 2.09. The van der Waals surface area contributed by atoms with Crippen molar-refractivity contribution in [1.82, 2.24) is 0 Å². The van der Waals surface area contributed by atoms with E-state index in [0.29, 0.717) is 11.3 Å². The summed E-state index contributed by atoms with van der Waals surface area (Å²) in [5.41, 5.74) is 6.43. The third-order valence-corrected chi connectivity index (χ3v) is 2.47. The maximum absolute atomic E-state index is 13.6. The van der Waals surface area contributed by atoms with Gasteiger partial charge >= 0.3 is 0 Å². The van der Waals surface area contributed by atoms with Gasteiger partial charge in [0, 0.05) is 11.6 Å². The van der Waals surface area contributed by atoms with Crippen molar-refractivity contribution in [3.8, 4) is 5.75 Å². The maximum atomic E-state index is 13.6. The second-order valence-corrected chi connectivity index (χ2v) is 3.60. The van der Waals surface area contributed by atoms with E-state index in [0.717, 1.165) is 19.3 Å². The van der Waals surface area contributed by atoms with Crippen LogP contribution < -0.4 is 10.5 Å². The largest absolute Gasteiger partial charge is 0.496 e. The lowest BCUT2D eigenvalue weighted by atomic mass is 10.0. The van der Waals surface area contributed by atoms with E-state index in [9.17, 15) is 4.39 Å². The molecule has 0 amide bonds. The normalized spacial score (nSPS) is 12.5. The molecule has 1 aromatic carbocycles. The Morgan fingerprint density at radius 1 is 1.47 bits per heavy atom. The van der Waals surface area contributed by atoms with Crippen molar-refractivity contribution in [1.29, 1.82) is 0 Å². The van der Waals surface area contributed by atoms with E-state index in [1.165, 1.54) is 13.2 Å². The van der Waals surface area contributed by atoms with E-state index >= 15 is 0 Å². The molecule has 2 N–H and O–H groups in total. The van der Waals surface area contributed by atoms with Crippen molar-refractivity contribution in [3.05, 3.63) is 29.6 Å². The molecule has 1 atom stereocenters. The van der Waals surface area contributed by atoms with Gasteiger partial charge in [-0.1, -0.05) is 25.8 Å². The van der Waals surface area contributed by atoms with Gasteiger partial charge in [-0.25, -0.2) is 4.39 Å². The molecule has 0 aliphatic heterocycles. The Hall–Kier alpha value is -1.09. The molecule has 3 heteroatoms. The van der Waals surface area contributed by atoms with Crippen LogP contribution in [0.3, 0.4) is 0 Å². The first-order chi connectivity index (χ1) is 7.20. The second kappa shape index (κ2) is 5.71. The summed E-state index contributed by atoms with van der Waals surface area (Å²) in [4.78, 5) is 0. The summed E-state index contributed by atoms with van der Waals surface area (Å²) < 4.78 is 18.7. The summed E-state index contributed by atoms with van der Waals surface area (Å²) in [5.74, 6) is 0.261. The summed E-state index contributed by atoms with van der Waals surface area (Å²) in [6.07, 6.45) is 2.84. The summed E-state index contributed by atoms with van der Waals surface area (Å²) >= 11 is 0. The molecule has 0 aliphatic rings. The van der Waals surface area contributed by atoms with Crippen LogP contribution in [0.15, 0.2) is 18.2 Å². The number of hydrogen-bond donors (Lipinski definition) is 1. The van der Waals surface area contributed by atoms with Gasteiger partial charge in [0.2, 0.25) is 0 Å². The molecular formula is C12H18FNO. The minimum atomic E-state index is -0.280. The molecule has 84 valence electrons. The summed E-state index contributed by atoms with van der Waals surface area (Å²) in [7, 11) is 1.53. The minimum absolute atomic E-state index is 0.277. The molecule has 1 aromatic rings. The smallest absolute Gasteiger partial charge is 0.131 e. The summed E-state index contributed by atoms with van der Waals surface area (Å²) in [5, 5.41) is 0. The highest BCUT2D eigenvalue weighted by Gasteiger charge is 2.15. The molecular weight excluding hydrogens is 193 g/mol. The average Bonchev–Trinajstić information content (AvgIpc) is 2.25. The van der Waals surface area contributed by atoms with Gasteiger partial charge < -0.3 is 10.5 Å². The number of benzene rings is 1. The SMILES string of the molecule is CCCC[C@@H](N)c1c(F)cccc1OC. The van der Waals surface area contributed by atoms with Crippen molar-refractivity contribution in [2.45, 2.75) is 32.2 Å². The molecule has 0 spiro atoms. The Balaban J connectivity index is 2.90. The van der Waals surface area contributed by atoms with Crippen LogP contribution in [-0.4, -0.2) is 7.11 Å². The topological polar surface area (TPSA) is 35.2 Å². The lowest BCUT2D eigenvalue weighted by Gasteiger charge is -2.15. The molecule has 0 aliphatic carbocycles. The molecule has 0 saturated carbocycles. The zero-order valence-electron chi connectivity index (χ0n) is 9.29. The Morgan fingerprint density at radius 3 is 2.80 bits per heavy atom. The molecule has 0 heterocycles. The molecule has 0 unspecified atom stereocenters. The van der Waals surface area contributed by atoms with E-state index in [1.807, 2.05) is 0 Å². The number of halogens is 1. The van der Waals surface area contributed by atoms with E-state index < -0.39 is 0 Å². The highest BCUT2D eigenvalue weighted by molar-refractivity contribution is 5.36. The van der Waals surface area contributed by atoms with Gasteiger partial charge in [0.25, 0.3) is 0 Å². The highest BCUT2D eigenvalue weighted by atomic mass is 19.1. The van der Waals surface area contributed by atoms with Crippen molar-refractivity contribution in [2.75, 3.05) is 7.11 Å². The van der Waals surface area contributed by atoms with Crippen LogP contribution >= 0.6 is 0 Å². The van der Waals surface area contributed by atoms with Gasteiger partial charge in [0.1, 0.15) is 11.6 Å². The van der Waals surface area contributed by atoms with Crippen LogP contribution in [0.1, 0.15) is 37.8 Å². The van der Waals surface area contributed by atoms with E-state index in [1.54, 1.807) is 12.1 Å². The molecule has 0 radical (unpaired) electrons. The van der Waals surface area contributed by atoms with E-state index in [-0.39, 0.29) is 11.9 Å². The summed E-state index contributed by atoms with van der Waals surface area (Å²) in [6, 6.07) is 4.51. The maximum Gasteiger partial charge on any atom is 0.131 e. The van der Waals surface area contributed by atoms with Crippen molar-refractivity contribution in [3.63, 3.8) is 0 Å². The number of nitrogens with two attached hydrogens (primary N) is 1. The number of hydrogen-bond acceptors (Lipinski definition) is 2. The van der Waals surface area contributed by atoms with Gasteiger partial charge in [0.05, 0.1) is 7.11 Å². The predicted octanol–water partition coefficient (Wildman–Crippen LogP) is 3.02. The molecule has 0 aromatic heterocycles. The minimum Gasteiger partial charge on any atom is -0.496 e. The first kappa shape index (κ1) is 12.0. The van der Waals surface area contributed by atoms with Crippen LogP contribution in [0.5, 0.6) is 5.75 Å². The van der Waals surface area contributed by atoms with E-state index in [4.69, 9.17) is 10.5 Å². The molecule has 2 nitrogen and oxygen atoms in total. The van der Waals surface area contributed by atoms with Gasteiger partial charge in [-0.15, -0.1) is 0 Å². The molecule has 0 saturated heterocycles. The molecule has 1 rings (SSSR count). The van der Waals surface area contributed by atoms with Gasteiger partial charge in [-0.3, -0.25) is 0 Å². The van der Waals surface area contributed by atoms with Crippen molar-refractivity contribution in [2.24, 2.45) is 5.73 Å². The fourth-order valence-corrected chi connectivity index (χ4v) is 1.62. The average molecular weight is 211 g/mol. The lowest BCUT2D eigenvalue weighted by Crippen LogP contribution is -2.13. The predicted molar refractivity (Wildman–Crippen MR) is 59.4 cm³/mol. The Bertz CT molecular complexity index is 314. The number of ether oxygens (including phenoxy) is 1. The van der Waals surface area contributed by atoms with Crippen LogP contribution in [0.2, 0.25) is 0 Å². The number of rotatable bonds is 5. The zero-order chi connectivity index (χ0) is 11.3. The van der Waals surface area contributed by atoms with Crippen LogP contribution in [0, 0.1) is 5.82 Å². The highest BCUT2D eigenvalue weighted by Crippen LogP contribution is 2.29. The van der Waals surface area contributed by atoms with Crippen LogP contribution in [0.4, 0.5) is 4.39 Å². The van der Waals surface area contributed by atoms with Crippen molar-refractivity contribution < 1.29 is 9.13 Å². The monoisotopic (exact) mass is 211 g/mol. The van der Waals surface area contributed by atoms with Gasteiger partial charge in [-0.05, 0) is 18.6 Å². The molecule has 0 bridgehead atoms. The molecule has 0 fully saturated rings. The first-order valence-electron chi connectivity index (χ1n) is 5.28. The number of methoxy groups -OCH3 is 1. The van der Waals surface area contributed by atoms with Crippen LogP contribution in [0.25, 0.3) is 0 Å². The molecule has 15 heavy (non-hydrogen) atoms. The first-order valence-corrected chi connectivity index (χ1v) is 5.28. The van der Waals surface area contributed by atoms with Crippen LogP contribution in [-0.2, 0) is 0 Å². The van der Waals surface area contributed by atoms with Gasteiger partial charge in [-0.2, -0.15) is 0 Å².